The summed E-state index contributed by atoms with van der Waals surface area (Å²) >= 11 is 0. The summed E-state index contributed by atoms with van der Waals surface area (Å²) < 4.78 is 45.0. The van der Waals surface area contributed by atoms with Crippen molar-refractivity contribution in [2.24, 2.45) is 0 Å². The predicted molar refractivity (Wildman–Crippen MR) is 200 cm³/mol. The molecule has 4 aromatic carbocycles. The predicted octanol–water partition coefficient (Wildman–Crippen LogP) is 6.66. The second kappa shape index (κ2) is 18.4. The maximum Gasteiger partial charge on any atom is 0.416 e. The summed E-state index contributed by atoms with van der Waals surface area (Å²) in [5.74, 6) is -0.686. The monoisotopic (exact) mass is 723 g/mol. The molecule has 1 fully saturated rings. The molecule has 1 saturated heterocycles. The number of rotatable bonds is 14. The number of benzene rings is 4. The molecule has 53 heavy (non-hydrogen) atoms. The Balaban J connectivity index is 1.40. The number of carbonyl (C=O) groups excluding carboxylic acids is 2. The van der Waals surface area contributed by atoms with Gasteiger partial charge in [0.25, 0.3) is 0 Å². The largest absolute Gasteiger partial charge is 0.416 e. The molecular weight excluding hydrogens is 679 g/mol. The van der Waals surface area contributed by atoms with Crippen molar-refractivity contribution in [3.63, 3.8) is 0 Å². The van der Waals surface area contributed by atoms with Crippen LogP contribution >= 0.6 is 0 Å². The molecule has 1 aliphatic rings. The van der Waals surface area contributed by atoms with Gasteiger partial charge in [0.1, 0.15) is 6.04 Å². The quantitative estimate of drug-likeness (QED) is 0.136. The van der Waals surface area contributed by atoms with Gasteiger partial charge >= 0.3 is 6.18 Å². The van der Waals surface area contributed by atoms with Crippen molar-refractivity contribution in [2.45, 2.75) is 31.7 Å². The molecule has 0 saturated carbocycles. The fourth-order valence-corrected chi connectivity index (χ4v) is 6.20. The normalized spacial score (nSPS) is 13.9. The van der Waals surface area contributed by atoms with E-state index >= 15 is 0 Å². The molecule has 0 bridgehead atoms. The topological polar surface area (TPSA) is 80.1 Å². The SMILES string of the molecule is CN(CCN(C)C(=O)[C@H](Cc1ccccc1)N(Cc1ccc(N2CCOCC2)cc1)C(=O)/C=C/c1ccc(C(F)(F)F)cc1)Cc1cccc(C#N)c1. The number of likely N-dealkylation sites (N-methyl/N-ethyl adjacent to an activating group) is 2. The number of alkyl halides is 3. The second-order valence-electron chi connectivity index (χ2n) is 13.2. The molecule has 1 aliphatic heterocycles. The van der Waals surface area contributed by atoms with Crippen molar-refractivity contribution in [3.8, 4) is 6.07 Å². The van der Waals surface area contributed by atoms with E-state index in [4.69, 9.17) is 4.74 Å². The Hall–Kier alpha value is -5.44. The Morgan fingerprint density at radius 1 is 0.849 bits per heavy atom. The third-order valence-corrected chi connectivity index (χ3v) is 9.24. The number of hydrogen-bond donors (Lipinski definition) is 0. The van der Waals surface area contributed by atoms with E-state index in [-0.39, 0.29) is 18.9 Å². The highest BCUT2D eigenvalue weighted by Crippen LogP contribution is 2.29. The van der Waals surface area contributed by atoms with Crippen LogP contribution in [0.5, 0.6) is 0 Å². The maximum absolute atomic E-state index is 14.4. The van der Waals surface area contributed by atoms with E-state index in [2.05, 4.69) is 15.9 Å². The molecule has 2 amide bonds. The average molecular weight is 724 g/mol. The number of amides is 2. The van der Waals surface area contributed by atoms with Crippen LogP contribution in [0.15, 0.2) is 109 Å². The first-order valence-corrected chi connectivity index (χ1v) is 17.5. The van der Waals surface area contributed by atoms with E-state index in [0.717, 1.165) is 47.6 Å². The van der Waals surface area contributed by atoms with E-state index in [1.807, 2.05) is 79.8 Å². The number of anilines is 1. The van der Waals surface area contributed by atoms with Gasteiger partial charge in [-0.25, -0.2) is 0 Å². The summed E-state index contributed by atoms with van der Waals surface area (Å²) in [5.41, 5.74) is 3.96. The lowest BCUT2D eigenvalue weighted by Gasteiger charge is -2.34. The van der Waals surface area contributed by atoms with Crippen LogP contribution in [0.3, 0.4) is 0 Å². The van der Waals surface area contributed by atoms with Crippen molar-refractivity contribution < 1.29 is 27.5 Å². The Bertz CT molecular complexity index is 1870. The molecule has 11 heteroatoms. The van der Waals surface area contributed by atoms with E-state index < -0.39 is 23.7 Å². The number of morpholine rings is 1. The molecule has 0 aromatic heterocycles. The summed E-state index contributed by atoms with van der Waals surface area (Å²) in [4.78, 5) is 36.1. The molecule has 4 aromatic rings. The summed E-state index contributed by atoms with van der Waals surface area (Å²) in [5, 5.41) is 9.28. The first kappa shape index (κ1) is 38.8. The number of carbonyl (C=O) groups is 2. The van der Waals surface area contributed by atoms with Gasteiger partial charge in [0, 0.05) is 64.5 Å². The number of ether oxygens (including phenoxy) is 1. The molecule has 0 unspecified atom stereocenters. The van der Waals surface area contributed by atoms with Crippen molar-refractivity contribution in [2.75, 3.05) is 58.4 Å². The number of halogens is 3. The van der Waals surface area contributed by atoms with Gasteiger partial charge in [-0.1, -0.05) is 66.7 Å². The van der Waals surface area contributed by atoms with Crippen molar-refractivity contribution in [1.82, 2.24) is 14.7 Å². The van der Waals surface area contributed by atoms with Gasteiger partial charge in [0.15, 0.2) is 0 Å². The third kappa shape index (κ3) is 11.3. The highest BCUT2D eigenvalue weighted by Gasteiger charge is 2.32. The van der Waals surface area contributed by atoms with Gasteiger partial charge in [0.05, 0.1) is 30.4 Å². The van der Waals surface area contributed by atoms with Crippen LogP contribution in [0.2, 0.25) is 0 Å². The second-order valence-corrected chi connectivity index (χ2v) is 13.2. The van der Waals surface area contributed by atoms with Crippen LogP contribution in [0, 0.1) is 11.3 Å². The van der Waals surface area contributed by atoms with Crippen LogP contribution in [0.25, 0.3) is 6.08 Å². The standard InChI is InChI=1S/C42H44F3N5O3/c1-47(30-36-10-6-9-35(27-36)29-46)21-22-48(2)41(52)39(28-33-7-4-3-5-8-33)50(31-34-13-18-38(19-14-34)49-23-25-53-26-24-49)40(51)20-15-32-11-16-37(17-12-32)42(43,44)45/h3-20,27,39H,21-26,28,30-31H2,1-2H3/b20-15+/t39-/m0/s1. The van der Waals surface area contributed by atoms with Gasteiger partial charge in [-0.2, -0.15) is 18.4 Å². The van der Waals surface area contributed by atoms with E-state index in [0.29, 0.717) is 44.0 Å². The van der Waals surface area contributed by atoms with E-state index in [1.165, 1.54) is 24.3 Å². The fraction of sp³-hybridized carbons (Fsp3) is 0.310. The Kier molecular flexibility index (Phi) is 13.4. The molecule has 8 nitrogen and oxygen atoms in total. The van der Waals surface area contributed by atoms with Crippen molar-refractivity contribution in [1.29, 1.82) is 5.26 Å². The molecule has 0 radical (unpaired) electrons. The number of hydrogen-bond acceptors (Lipinski definition) is 6. The van der Waals surface area contributed by atoms with Gasteiger partial charge in [-0.15, -0.1) is 0 Å². The maximum atomic E-state index is 14.4. The average Bonchev–Trinajstić information content (AvgIpc) is 3.18. The summed E-state index contributed by atoms with van der Waals surface area (Å²) in [6, 6.07) is 30.7. The van der Waals surface area contributed by atoms with Crippen molar-refractivity contribution in [3.05, 3.63) is 143 Å². The first-order valence-electron chi connectivity index (χ1n) is 17.5. The minimum Gasteiger partial charge on any atom is -0.378 e. The molecule has 276 valence electrons. The zero-order chi connectivity index (χ0) is 37.8. The zero-order valence-electron chi connectivity index (χ0n) is 30.0. The highest BCUT2D eigenvalue weighted by molar-refractivity contribution is 5.95. The first-order chi connectivity index (χ1) is 25.5. The lowest BCUT2D eigenvalue weighted by Crippen LogP contribution is -2.51. The van der Waals surface area contributed by atoms with Gasteiger partial charge in [-0.3, -0.25) is 9.59 Å². The van der Waals surface area contributed by atoms with Crippen LogP contribution < -0.4 is 4.90 Å². The lowest BCUT2D eigenvalue weighted by molar-refractivity contribution is -0.143. The fourth-order valence-electron chi connectivity index (χ4n) is 6.20. The summed E-state index contributed by atoms with van der Waals surface area (Å²) in [6.45, 7) is 4.50. The minimum atomic E-state index is -4.47. The van der Waals surface area contributed by atoms with E-state index in [1.54, 1.807) is 22.9 Å². The van der Waals surface area contributed by atoms with Crippen LogP contribution in [-0.2, 0) is 40.0 Å². The molecule has 1 heterocycles. The molecule has 0 aliphatic carbocycles. The lowest BCUT2D eigenvalue weighted by atomic mass is 10.0. The Morgan fingerprint density at radius 2 is 1.53 bits per heavy atom. The van der Waals surface area contributed by atoms with Crippen LogP contribution in [-0.4, -0.2) is 86.0 Å². The number of nitriles is 1. The third-order valence-electron chi connectivity index (χ3n) is 9.24. The molecule has 1 atom stereocenters. The summed E-state index contributed by atoms with van der Waals surface area (Å²) in [7, 11) is 3.67. The van der Waals surface area contributed by atoms with Gasteiger partial charge < -0.3 is 24.3 Å². The molecule has 0 spiro atoms. The van der Waals surface area contributed by atoms with Gasteiger partial charge in [-0.05, 0) is 71.8 Å². The highest BCUT2D eigenvalue weighted by atomic mass is 19.4. The van der Waals surface area contributed by atoms with Crippen LogP contribution in [0.1, 0.15) is 33.4 Å². The Labute approximate surface area is 309 Å². The zero-order valence-corrected chi connectivity index (χ0v) is 30.0. The van der Waals surface area contributed by atoms with Crippen molar-refractivity contribution >= 4 is 23.6 Å². The minimum absolute atomic E-state index is 0.131. The summed E-state index contributed by atoms with van der Waals surface area (Å²) in [6.07, 6.45) is -1.42. The van der Waals surface area contributed by atoms with E-state index in [9.17, 15) is 28.0 Å². The smallest absolute Gasteiger partial charge is 0.378 e. The molecule has 0 N–H and O–H groups in total. The molecule has 5 rings (SSSR count). The molecular formula is C42H44F3N5O3. The van der Waals surface area contributed by atoms with Gasteiger partial charge in [0.2, 0.25) is 11.8 Å². The Morgan fingerprint density at radius 3 is 2.19 bits per heavy atom. The van der Waals surface area contributed by atoms with Crippen LogP contribution in [0.4, 0.5) is 18.9 Å². The number of nitrogens with zero attached hydrogens (tertiary/aromatic N) is 5.